The monoisotopic (exact) mass is 1320 g/mol. The molecule has 2 atom stereocenters. The molecule has 16 rings (SSSR count). The first-order valence-electron chi connectivity index (χ1n) is 36.8. The van der Waals surface area contributed by atoms with E-state index in [-0.39, 0.29) is 10.8 Å². The second kappa shape index (κ2) is 27.1. The number of rotatable bonds is 20. The minimum atomic E-state index is -0.495. The van der Waals surface area contributed by atoms with Crippen LogP contribution in [0.1, 0.15) is 88.9 Å². The summed E-state index contributed by atoms with van der Waals surface area (Å²) in [5.74, 6) is 0. The van der Waals surface area contributed by atoms with Crippen LogP contribution in [0, 0.1) is 6.92 Å². The molecular weight excluding hydrogens is 1230 g/mol. The smallest absolute Gasteiger partial charge is 0.210 e. The fourth-order valence-electron chi connectivity index (χ4n) is 18.8. The summed E-state index contributed by atoms with van der Waals surface area (Å²) in [6.45, 7) is 18.7. The molecular formula is C99H90N3+. The third-order valence-corrected chi connectivity index (χ3v) is 23.3. The van der Waals surface area contributed by atoms with Crippen LogP contribution in [0.4, 0.5) is 17.1 Å². The van der Waals surface area contributed by atoms with Gasteiger partial charge in [-0.3, -0.25) is 0 Å². The van der Waals surface area contributed by atoms with Crippen LogP contribution in [-0.2, 0) is 60.2 Å². The van der Waals surface area contributed by atoms with Gasteiger partial charge >= 0.3 is 0 Å². The van der Waals surface area contributed by atoms with Crippen LogP contribution in [0.15, 0.2) is 351 Å². The number of benzene rings is 13. The van der Waals surface area contributed by atoms with Gasteiger partial charge in [-0.05, 0) is 201 Å². The summed E-state index contributed by atoms with van der Waals surface area (Å²) in [7, 11) is 2.29. The third kappa shape index (κ3) is 11.4. The Hall–Kier alpha value is -11.1. The summed E-state index contributed by atoms with van der Waals surface area (Å²) in [6.07, 6.45) is 19.5. The van der Waals surface area contributed by atoms with Crippen molar-refractivity contribution < 1.29 is 4.58 Å². The van der Waals surface area contributed by atoms with Gasteiger partial charge in [-0.2, -0.15) is 4.58 Å². The van der Waals surface area contributed by atoms with Crippen LogP contribution in [0.25, 0.3) is 43.1 Å². The Balaban J connectivity index is 0.777. The van der Waals surface area contributed by atoms with Crippen LogP contribution in [-0.4, -0.2) is 30.4 Å². The molecule has 0 aliphatic carbocycles. The maximum absolute atomic E-state index is 5.14. The highest BCUT2D eigenvalue weighted by Gasteiger charge is 2.51. The number of hydrogen-bond donors (Lipinski definition) is 0. The summed E-state index contributed by atoms with van der Waals surface area (Å²) >= 11 is 0. The lowest BCUT2D eigenvalue weighted by atomic mass is 9.68. The lowest BCUT2D eigenvalue weighted by Crippen LogP contribution is -2.36. The standard InChI is InChI=1S/C99H90N3/c1-8-101-87-62-59-80-43-24-28-47-84(80)94(87)98(66-72-33-14-10-15-34-72,67-73-35-16-11-17-36-73)90(101)50-30-32-71(4)96(5,92-70(3)52-57-78-41-22-26-45-82(78)92)64-76-53-55-77(56-54-76)65-97(6)89(100(7)86-61-58-79-42-23-27-46-83(79)93(86)97)49-31-51-91-99(68-74-37-18-12-19-38-74,69-75-39-20-13-21-40-75)95-85-48-29-25-44-81(85)60-63-88(95)102(91)9-2/h10-63H,4,8-9,64-69H2,1-3,5-7H3/q+1. The molecule has 13 aromatic rings. The Morgan fingerprint density at radius 1 is 0.412 bits per heavy atom. The molecule has 2 unspecified atom stereocenters. The van der Waals surface area contributed by atoms with Crippen molar-refractivity contribution in [3.05, 3.63) is 412 Å². The largest absolute Gasteiger partial charge is 0.344 e. The average molecular weight is 1320 g/mol. The van der Waals surface area contributed by atoms with E-state index in [0.29, 0.717) is 0 Å². The van der Waals surface area contributed by atoms with Gasteiger partial charge in [-0.1, -0.05) is 299 Å². The first kappa shape index (κ1) is 65.5. The maximum Gasteiger partial charge on any atom is 0.210 e. The van der Waals surface area contributed by atoms with E-state index < -0.39 is 10.8 Å². The van der Waals surface area contributed by atoms with Crippen molar-refractivity contribution in [2.24, 2.45) is 0 Å². The van der Waals surface area contributed by atoms with Gasteiger partial charge in [-0.15, -0.1) is 0 Å². The molecule has 3 aliphatic heterocycles. The molecule has 3 heteroatoms. The Labute approximate surface area is 603 Å². The van der Waals surface area contributed by atoms with Crippen molar-refractivity contribution in [3.63, 3.8) is 0 Å². The van der Waals surface area contributed by atoms with Crippen molar-refractivity contribution in [1.82, 2.24) is 0 Å². The lowest BCUT2D eigenvalue weighted by molar-refractivity contribution is -0.401. The minimum Gasteiger partial charge on any atom is -0.344 e. The quantitative estimate of drug-likeness (QED) is 0.0556. The van der Waals surface area contributed by atoms with Crippen LogP contribution in [0.5, 0.6) is 0 Å². The molecule has 0 fully saturated rings. The van der Waals surface area contributed by atoms with E-state index in [0.717, 1.165) is 57.2 Å². The molecule has 0 aromatic heterocycles. The SMILES string of the molecule is C=C(C=CC=C1N(CC)c2ccc3ccccc3c2C1(Cc1ccccc1)Cc1ccccc1)C(C)(Cc1ccc(CC2(C)C(C=CC=C3N(CC)c4ccc5ccccc5c4C3(Cc3ccccc3)Cc3ccccc3)=[N+](C)c3ccc4ccccc4c32)cc1)c1c(C)ccc2ccccc12. The van der Waals surface area contributed by atoms with Crippen molar-refractivity contribution in [1.29, 1.82) is 0 Å². The molecule has 0 saturated carbocycles. The number of allylic oxidation sites excluding steroid dienone is 9. The number of likely N-dealkylation sites (N-methyl/N-ethyl adjacent to an activating group) is 2. The molecule has 0 spiro atoms. The molecule has 0 saturated heterocycles. The van der Waals surface area contributed by atoms with Gasteiger partial charge in [0.25, 0.3) is 0 Å². The topological polar surface area (TPSA) is 9.49 Å². The molecule has 0 bridgehead atoms. The highest BCUT2D eigenvalue weighted by Crippen LogP contribution is 2.57. The van der Waals surface area contributed by atoms with Crippen LogP contribution in [0.3, 0.4) is 0 Å². The predicted octanol–water partition coefficient (Wildman–Crippen LogP) is 23.3. The Morgan fingerprint density at radius 2 is 0.784 bits per heavy atom. The number of aryl methyl sites for hydroxylation is 1. The van der Waals surface area contributed by atoms with Crippen molar-refractivity contribution in [3.8, 4) is 0 Å². The zero-order valence-electron chi connectivity index (χ0n) is 59.9. The number of anilines is 2. The van der Waals surface area contributed by atoms with Crippen molar-refractivity contribution in [2.75, 3.05) is 29.9 Å². The fraction of sp³-hybridized carbons (Fsp3) is 0.182. The zero-order chi connectivity index (χ0) is 69.6. The van der Waals surface area contributed by atoms with Gasteiger partial charge in [0.05, 0.1) is 5.41 Å². The first-order valence-corrected chi connectivity index (χ1v) is 36.8. The lowest BCUT2D eigenvalue weighted by Gasteiger charge is -2.35. The summed E-state index contributed by atoms with van der Waals surface area (Å²) in [5.41, 5.74) is 21.9. The second-order valence-corrected chi connectivity index (χ2v) is 29.4. The highest BCUT2D eigenvalue weighted by atomic mass is 15.2. The normalized spacial score (nSPS) is 17.4. The zero-order valence-corrected chi connectivity index (χ0v) is 59.9. The van der Waals surface area contributed by atoms with Gasteiger partial charge in [-0.25, -0.2) is 0 Å². The molecule has 0 radical (unpaired) electrons. The molecule has 3 aliphatic rings. The summed E-state index contributed by atoms with van der Waals surface area (Å²) in [6, 6.07) is 109. The number of hydrogen-bond acceptors (Lipinski definition) is 2. The maximum atomic E-state index is 5.14. The number of fused-ring (bicyclic) bond motifs is 10. The van der Waals surface area contributed by atoms with E-state index in [1.165, 1.54) is 138 Å². The second-order valence-electron chi connectivity index (χ2n) is 29.4. The first-order chi connectivity index (χ1) is 49.9. The highest BCUT2D eigenvalue weighted by molar-refractivity contribution is 6.08. The van der Waals surface area contributed by atoms with E-state index in [2.05, 4.69) is 384 Å². The van der Waals surface area contributed by atoms with Gasteiger partial charge in [0.15, 0.2) is 5.71 Å². The molecule has 3 heterocycles. The van der Waals surface area contributed by atoms with E-state index in [4.69, 9.17) is 6.58 Å². The third-order valence-electron chi connectivity index (χ3n) is 23.3. The fourth-order valence-corrected chi connectivity index (χ4v) is 18.8. The Bertz CT molecular complexity index is 5420. The molecule has 13 aromatic carbocycles. The molecule has 500 valence electrons. The molecule has 0 N–H and O–H groups in total. The van der Waals surface area contributed by atoms with Gasteiger partial charge in [0.1, 0.15) is 7.05 Å². The summed E-state index contributed by atoms with van der Waals surface area (Å²) in [5, 5.41) is 10.3. The predicted molar refractivity (Wildman–Crippen MR) is 434 cm³/mol. The Morgan fingerprint density at radius 3 is 1.25 bits per heavy atom. The summed E-state index contributed by atoms with van der Waals surface area (Å²) < 4.78 is 2.48. The minimum absolute atomic E-state index is 0.369. The Kier molecular flexibility index (Phi) is 17.4. The molecule has 0 amide bonds. The van der Waals surface area contributed by atoms with E-state index in [1.807, 2.05) is 0 Å². The van der Waals surface area contributed by atoms with E-state index >= 15 is 0 Å². The van der Waals surface area contributed by atoms with Gasteiger partial charge < -0.3 is 9.80 Å². The van der Waals surface area contributed by atoms with Gasteiger partial charge in [0, 0.05) is 69.8 Å². The molecule has 3 nitrogen and oxygen atoms in total. The number of nitrogens with zero attached hydrogens (tertiary/aromatic N) is 3. The van der Waals surface area contributed by atoms with Crippen LogP contribution in [0.2, 0.25) is 0 Å². The van der Waals surface area contributed by atoms with Crippen molar-refractivity contribution >= 4 is 65.9 Å². The van der Waals surface area contributed by atoms with E-state index in [1.54, 1.807) is 0 Å². The van der Waals surface area contributed by atoms with Gasteiger partial charge in [0.2, 0.25) is 5.69 Å². The molecule has 102 heavy (non-hydrogen) atoms. The van der Waals surface area contributed by atoms with Crippen LogP contribution >= 0.6 is 0 Å². The van der Waals surface area contributed by atoms with Crippen LogP contribution < -0.4 is 9.80 Å². The summed E-state index contributed by atoms with van der Waals surface area (Å²) in [4.78, 5) is 5.21. The average Bonchev–Trinajstić information content (AvgIpc) is 1.57. The van der Waals surface area contributed by atoms with E-state index in [9.17, 15) is 0 Å². The van der Waals surface area contributed by atoms with Crippen molar-refractivity contribution in [2.45, 2.75) is 94.8 Å².